The third-order valence-corrected chi connectivity index (χ3v) is 11.1. The van der Waals surface area contributed by atoms with Gasteiger partial charge >= 0.3 is 23.9 Å². The van der Waals surface area contributed by atoms with E-state index in [0.717, 1.165) is 96.3 Å². The van der Waals surface area contributed by atoms with E-state index in [2.05, 4.69) is 142 Å². The minimum atomic E-state index is -1.94. The molecule has 1 rings (SSSR count). The molecule has 0 aromatic heterocycles. The van der Waals surface area contributed by atoms with Crippen LogP contribution in [0.15, 0.2) is 158 Å². The van der Waals surface area contributed by atoms with Crippen LogP contribution in [0, 0.1) is 0 Å². The van der Waals surface area contributed by atoms with Crippen molar-refractivity contribution < 1.29 is 58.2 Å². The molecule has 0 aromatic rings. The topological polar surface area (TPSA) is 175 Å². The second-order valence-corrected chi connectivity index (χ2v) is 17.7. The second-order valence-electron chi connectivity index (χ2n) is 17.7. The van der Waals surface area contributed by atoms with Crippen LogP contribution in [0.2, 0.25) is 0 Å². The summed E-state index contributed by atoms with van der Waals surface area (Å²) in [4.78, 5) is 50.9. The molecular weight excluding hydrogens is 949 g/mol. The van der Waals surface area contributed by atoms with Gasteiger partial charge in [-0.15, -0.1) is 0 Å². The highest BCUT2D eigenvalue weighted by Gasteiger charge is 2.50. The Morgan fingerprint density at radius 1 is 0.453 bits per heavy atom. The zero-order valence-corrected chi connectivity index (χ0v) is 45.5. The summed E-state index contributed by atoms with van der Waals surface area (Å²) in [6.07, 6.45) is 59.8. The summed E-state index contributed by atoms with van der Waals surface area (Å²) in [7, 11) is 0. The number of aliphatic hydroxyl groups is 2. The molecule has 3 N–H and O–H groups in total. The van der Waals surface area contributed by atoms with Crippen molar-refractivity contribution >= 4 is 23.9 Å². The number of carbonyl (C=O) groups excluding carboxylic acids is 3. The van der Waals surface area contributed by atoms with Crippen molar-refractivity contribution in [3.05, 3.63) is 158 Å². The van der Waals surface area contributed by atoms with Crippen molar-refractivity contribution in [2.24, 2.45) is 0 Å². The number of carboxylic acids is 1. The Balaban J connectivity index is 2.84. The average molecular weight is 1040 g/mol. The largest absolute Gasteiger partial charge is 0.479 e. The number of carbonyl (C=O) groups is 4. The maximum absolute atomic E-state index is 13.1. The van der Waals surface area contributed by atoms with E-state index in [9.17, 15) is 34.5 Å². The van der Waals surface area contributed by atoms with Crippen molar-refractivity contribution in [3.63, 3.8) is 0 Å². The average Bonchev–Trinajstić information content (AvgIpc) is 3.39. The zero-order chi connectivity index (χ0) is 54.7. The predicted octanol–water partition coefficient (Wildman–Crippen LogP) is 13.8. The first-order chi connectivity index (χ1) is 36.6. The first-order valence-electron chi connectivity index (χ1n) is 27.5. The van der Waals surface area contributed by atoms with Crippen LogP contribution in [-0.4, -0.2) is 89.2 Å². The quantitative estimate of drug-likeness (QED) is 0.0228. The first kappa shape index (κ1) is 67.4. The number of unbranched alkanes of at least 4 members (excludes halogenated alkanes) is 4. The molecule has 6 atom stereocenters. The second kappa shape index (κ2) is 49.2. The smallest absolute Gasteiger partial charge is 0.335 e. The summed E-state index contributed by atoms with van der Waals surface area (Å²) in [5.41, 5.74) is 0. The van der Waals surface area contributed by atoms with Gasteiger partial charge in [-0.2, -0.15) is 0 Å². The lowest BCUT2D eigenvalue weighted by Gasteiger charge is -2.40. The maximum atomic E-state index is 13.1. The molecule has 0 aliphatic carbocycles. The van der Waals surface area contributed by atoms with E-state index in [-0.39, 0.29) is 19.3 Å². The molecule has 416 valence electrons. The molecule has 1 heterocycles. The summed E-state index contributed by atoms with van der Waals surface area (Å²) < 4.78 is 28.1. The van der Waals surface area contributed by atoms with E-state index in [1.807, 2.05) is 30.4 Å². The monoisotopic (exact) mass is 1040 g/mol. The van der Waals surface area contributed by atoms with Crippen LogP contribution >= 0.6 is 0 Å². The van der Waals surface area contributed by atoms with Gasteiger partial charge in [0.15, 0.2) is 24.6 Å². The van der Waals surface area contributed by atoms with Gasteiger partial charge in [0, 0.05) is 12.8 Å². The van der Waals surface area contributed by atoms with Crippen molar-refractivity contribution in [1.29, 1.82) is 0 Å². The molecule has 0 spiro atoms. The van der Waals surface area contributed by atoms with Gasteiger partial charge in [0.05, 0.1) is 13.0 Å². The molecular formula is C63H92O12. The molecule has 75 heavy (non-hydrogen) atoms. The Morgan fingerprint density at radius 3 is 1.29 bits per heavy atom. The lowest BCUT2D eigenvalue weighted by molar-refractivity contribution is -0.301. The highest BCUT2D eigenvalue weighted by atomic mass is 16.7. The summed E-state index contributed by atoms with van der Waals surface area (Å²) in [5.74, 6) is -3.44. The lowest BCUT2D eigenvalue weighted by Crippen LogP contribution is -2.61. The molecule has 0 radical (unpaired) electrons. The van der Waals surface area contributed by atoms with Crippen LogP contribution < -0.4 is 0 Å². The molecule has 0 saturated carbocycles. The van der Waals surface area contributed by atoms with Gasteiger partial charge in [-0.05, 0) is 116 Å². The summed E-state index contributed by atoms with van der Waals surface area (Å²) in [6, 6.07) is 0. The minimum absolute atomic E-state index is 0.000800. The molecule has 12 heteroatoms. The van der Waals surface area contributed by atoms with Crippen LogP contribution in [-0.2, 0) is 42.9 Å². The number of esters is 3. The number of ether oxygens (including phenoxy) is 5. The molecule has 6 unspecified atom stereocenters. The molecule has 12 nitrogen and oxygen atoms in total. The Morgan fingerprint density at radius 2 is 0.853 bits per heavy atom. The highest BCUT2D eigenvalue weighted by Crippen LogP contribution is 2.26. The predicted molar refractivity (Wildman–Crippen MR) is 302 cm³/mol. The molecule has 1 aliphatic heterocycles. The Kier molecular flexibility index (Phi) is 44.2. The molecule has 0 amide bonds. The van der Waals surface area contributed by atoms with Gasteiger partial charge in [-0.25, -0.2) is 4.79 Å². The number of rotatable bonds is 43. The molecule has 0 aromatic carbocycles. The maximum Gasteiger partial charge on any atom is 0.335 e. The molecule has 1 aliphatic rings. The van der Waals surface area contributed by atoms with Crippen LogP contribution in [0.3, 0.4) is 0 Å². The van der Waals surface area contributed by atoms with E-state index in [1.165, 1.54) is 0 Å². The van der Waals surface area contributed by atoms with Crippen molar-refractivity contribution in [2.45, 2.75) is 199 Å². The zero-order valence-electron chi connectivity index (χ0n) is 45.5. The van der Waals surface area contributed by atoms with E-state index < -0.39 is 73.9 Å². The number of aliphatic hydroxyl groups excluding tert-OH is 2. The van der Waals surface area contributed by atoms with E-state index in [1.54, 1.807) is 6.08 Å². The fourth-order valence-electron chi connectivity index (χ4n) is 7.02. The standard InChI is InChI=1S/C63H92O12/c1-4-7-10-13-16-19-22-25-27-28-30-32-34-37-40-43-46-49-55(64)71-52-54(73-56(65)50-47-44-41-38-36-33-29-26-23-20-17-14-11-8-5-2)53-72-63-61(59(68)58(67)60(75-63)62(69)70)74-57(66)51-48-45-42-39-35-31-24-21-18-15-12-9-6-3/h7-12,16-21,25-27,29-32,35-38,40,44,47,54,58-61,63,67-68H,4-6,13-15,22-24,28,33-34,39,41-43,45-46,48-53H2,1-3H3,(H,69,70)/b10-7-,11-8-,12-9-,19-16-,20-17-,21-18-,27-25-,29-26-,32-30-,35-31-,38-36-,40-37-,47-44-. The number of hydrogen-bond acceptors (Lipinski definition) is 11. The lowest BCUT2D eigenvalue weighted by atomic mass is 9.98. The van der Waals surface area contributed by atoms with E-state index in [4.69, 9.17) is 23.7 Å². The van der Waals surface area contributed by atoms with Gasteiger partial charge in [-0.1, -0.05) is 185 Å². The van der Waals surface area contributed by atoms with Crippen LogP contribution in [0.5, 0.6) is 0 Å². The van der Waals surface area contributed by atoms with Crippen LogP contribution in [0.4, 0.5) is 0 Å². The molecule has 0 bridgehead atoms. The first-order valence-corrected chi connectivity index (χ1v) is 27.5. The summed E-state index contributed by atoms with van der Waals surface area (Å²) in [6.45, 7) is 5.46. The Hall–Kier alpha value is -5.66. The Bertz CT molecular complexity index is 1910. The third-order valence-electron chi connectivity index (χ3n) is 11.1. The fraction of sp³-hybridized carbons (Fsp3) is 0.524. The molecule has 1 saturated heterocycles. The van der Waals surface area contributed by atoms with Gasteiger partial charge in [0.2, 0.25) is 0 Å². The van der Waals surface area contributed by atoms with Gasteiger partial charge in [0.1, 0.15) is 18.8 Å². The number of aliphatic carboxylic acids is 1. The van der Waals surface area contributed by atoms with Crippen molar-refractivity contribution in [1.82, 2.24) is 0 Å². The van der Waals surface area contributed by atoms with Gasteiger partial charge in [0.25, 0.3) is 0 Å². The number of hydrogen-bond donors (Lipinski definition) is 3. The minimum Gasteiger partial charge on any atom is -0.479 e. The van der Waals surface area contributed by atoms with Gasteiger partial charge < -0.3 is 39.0 Å². The van der Waals surface area contributed by atoms with Crippen LogP contribution in [0.1, 0.15) is 162 Å². The number of carboxylic acid groups (broad SMARTS) is 1. The summed E-state index contributed by atoms with van der Waals surface area (Å²) in [5, 5.41) is 31.4. The highest BCUT2D eigenvalue weighted by molar-refractivity contribution is 5.74. The number of allylic oxidation sites excluding steroid dienone is 25. The van der Waals surface area contributed by atoms with E-state index in [0.29, 0.717) is 25.7 Å². The molecule has 1 fully saturated rings. The normalized spacial score (nSPS) is 19.4. The SMILES string of the molecule is CC/C=C\C/C=C\C/C=C\C/C=C\C/C=C\CCCC(=O)OCC(COC1OC(C(=O)O)C(O)C(O)C1OC(=O)CCCCC/C=C\C/C=C\C/C=C\CC)OC(=O)C/C=C\C/C=C\C/C=C\C/C=C\C/C=C\CC. The summed E-state index contributed by atoms with van der Waals surface area (Å²) >= 11 is 0. The fourth-order valence-corrected chi connectivity index (χ4v) is 7.02. The van der Waals surface area contributed by atoms with Crippen molar-refractivity contribution in [3.8, 4) is 0 Å². The van der Waals surface area contributed by atoms with Gasteiger partial charge in [-0.3, -0.25) is 14.4 Å². The van der Waals surface area contributed by atoms with E-state index >= 15 is 0 Å². The van der Waals surface area contributed by atoms with Crippen LogP contribution in [0.25, 0.3) is 0 Å². The third kappa shape index (κ3) is 39.4. The van der Waals surface area contributed by atoms with Crippen molar-refractivity contribution in [2.75, 3.05) is 13.2 Å². The Labute approximate surface area is 450 Å².